The largest absolute Gasteiger partial charge is 0.388 e. The molecule has 0 saturated carbocycles. The molecule has 162 valence electrons. The first-order valence-electron chi connectivity index (χ1n) is 10.7. The normalized spacial score (nSPS) is 28.6. The fourth-order valence-electron chi connectivity index (χ4n) is 4.75. The maximum atomic E-state index is 12.7. The van der Waals surface area contributed by atoms with Crippen LogP contribution < -0.4 is 5.32 Å². The summed E-state index contributed by atoms with van der Waals surface area (Å²) in [7, 11) is 0. The summed E-state index contributed by atoms with van der Waals surface area (Å²) in [4.78, 5) is 35.2. The lowest BCUT2D eigenvalue weighted by molar-refractivity contribution is -0.187. The highest BCUT2D eigenvalue weighted by atomic mass is 16.5. The molecule has 2 N–H and O–H groups in total. The Morgan fingerprint density at radius 3 is 2.43 bits per heavy atom. The van der Waals surface area contributed by atoms with Crippen LogP contribution in [0, 0.1) is 12.8 Å². The molecule has 1 aromatic heterocycles. The Bertz CT molecular complexity index is 820. The Balaban J connectivity index is 1.34. The van der Waals surface area contributed by atoms with Gasteiger partial charge in [0.05, 0.1) is 29.4 Å². The standard InChI is InChI=1S/C22H30N4O4/c1-15-23-11-17(12-24-15)19(27)25-18-13-30-22(14-21(18,2)29)7-9-26(10-8-22)20(28)16-5-3-4-6-16/h3-4,11-12,16,18,29H,5-10,13-14H2,1-2H3,(H,25,27)/t18-,21-/m0/s1. The number of nitrogens with one attached hydrogen (secondary N) is 1. The highest BCUT2D eigenvalue weighted by Crippen LogP contribution is 2.40. The Hall–Kier alpha value is -2.32. The number of ether oxygens (including phenoxy) is 1. The van der Waals surface area contributed by atoms with Gasteiger partial charge in [0.25, 0.3) is 5.91 Å². The quantitative estimate of drug-likeness (QED) is 0.724. The van der Waals surface area contributed by atoms with E-state index in [-0.39, 0.29) is 24.3 Å². The number of nitrogens with zero attached hydrogens (tertiary/aromatic N) is 3. The van der Waals surface area contributed by atoms with Gasteiger partial charge < -0.3 is 20.1 Å². The second-order valence-electron chi connectivity index (χ2n) is 9.04. The molecule has 8 nitrogen and oxygen atoms in total. The maximum absolute atomic E-state index is 12.7. The molecule has 30 heavy (non-hydrogen) atoms. The van der Waals surface area contributed by atoms with E-state index in [0.717, 1.165) is 12.8 Å². The molecular weight excluding hydrogens is 384 g/mol. The van der Waals surface area contributed by atoms with E-state index in [1.807, 2.05) is 4.90 Å². The number of likely N-dealkylation sites (tertiary alicyclic amines) is 1. The second-order valence-corrected chi connectivity index (χ2v) is 9.04. The van der Waals surface area contributed by atoms with Gasteiger partial charge in [-0.25, -0.2) is 9.97 Å². The summed E-state index contributed by atoms with van der Waals surface area (Å²) in [6.45, 7) is 5.01. The summed E-state index contributed by atoms with van der Waals surface area (Å²) < 4.78 is 6.21. The zero-order valence-corrected chi connectivity index (χ0v) is 17.6. The fourth-order valence-corrected chi connectivity index (χ4v) is 4.75. The molecule has 4 rings (SSSR count). The van der Waals surface area contributed by atoms with Crippen molar-refractivity contribution >= 4 is 11.8 Å². The van der Waals surface area contributed by atoms with Crippen molar-refractivity contribution in [2.75, 3.05) is 19.7 Å². The van der Waals surface area contributed by atoms with Gasteiger partial charge in [0.1, 0.15) is 5.82 Å². The molecule has 1 aromatic rings. The van der Waals surface area contributed by atoms with Crippen LogP contribution >= 0.6 is 0 Å². The molecule has 1 spiro atoms. The first-order valence-corrected chi connectivity index (χ1v) is 10.7. The molecule has 1 aliphatic carbocycles. The van der Waals surface area contributed by atoms with E-state index in [4.69, 9.17) is 4.74 Å². The molecule has 3 aliphatic rings. The van der Waals surface area contributed by atoms with Crippen LogP contribution in [0.1, 0.15) is 55.2 Å². The van der Waals surface area contributed by atoms with Gasteiger partial charge in [0.2, 0.25) is 5.91 Å². The number of carbonyl (C=O) groups excluding carboxylic acids is 2. The van der Waals surface area contributed by atoms with Crippen molar-refractivity contribution in [1.82, 2.24) is 20.2 Å². The number of hydrogen-bond donors (Lipinski definition) is 2. The lowest BCUT2D eigenvalue weighted by Gasteiger charge is -2.51. The first kappa shape index (κ1) is 20.9. The van der Waals surface area contributed by atoms with Crippen molar-refractivity contribution in [1.29, 1.82) is 0 Å². The number of carbonyl (C=O) groups is 2. The van der Waals surface area contributed by atoms with Crippen LogP contribution in [0.3, 0.4) is 0 Å². The van der Waals surface area contributed by atoms with E-state index in [1.165, 1.54) is 12.4 Å². The molecule has 2 atom stereocenters. The zero-order valence-electron chi connectivity index (χ0n) is 17.6. The van der Waals surface area contributed by atoms with Crippen molar-refractivity contribution in [2.45, 2.75) is 63.2 Å². The predicted octanol–water partition coefficient (Wildman–Crippen LogP) is 1.38. The van der Waals surface area contributed by atoms with E-state index < -0.39 is 17.2 Å². The Kier molecular flexibility index (Phi) is 5.63. The first-order chi connectivity index (χ1) is 14.3. The highest BCUT2D eigenvalue weighted by Gasteiger charge is 2.50. The van der Waals surface area contributed by atoms with E-state index in [9.17, 15) is 14.7 Å². The Labute approximate surface area is 176 Å². The van der Waals surface area contributed by atoms with E-state index in [2.05, 4.69) is 27.4 Å². The number of hydrogen-bond acceptors (Lipinski definition) is 6. The minimum Gasteiger partial charge on any atom is -0.388 e. The summed E-state index contributed by atoms with van der Waals surface area (Å²) in [5.74, 6) is 0.573. The SMILES string of the molecule is Cc1ncc(C(=O)N[C@H]2COC3(CCN(C(=O)C4CC=CC4)CC3)C[C@]2(C)O)cn1. The summed E-state index contributed by atoms with van der Waals surface area (Å²) in [6.07, 6.45) is 10.6. The van der Waals surface area contributed by atoms with Crippen LogP contribution in [0.15, 0.2) is 24.5 Å². The summed E-state index contributed by atoms with van der Waals surface area (Å²) >= 11 is 0. The molecule has 8 heteroatoms. The molecule has 3 heterocycles. The van der Waals surface area contributed by atoms with Gasteiger partial charge in [-0.15, -0.1) is 0 Å². The lowest BCUT2D eigenvalue weighted by Crippen LogP contribution is -2.64. The van der Waals surface area contributed by atoms with Crippen LogP contribution in [0.5, 0.6) is 0 Å². The van der Waals surface area contributed by atoms with Crippen molar-refractivity contribution in [3.63, 3.8) is 0 Å². The van der Waals surface area contributed by atoms with Crippen LogP contribution in [-0.4, -0.2) is 68.7 Å². The molecule has 0 unspecified atom stereocenters. The lowest BCUT2D eigenvalue weighted by atomic mass is 9.75. The number of amides is 2. The molecule has 0 bridgehead atoms. The third-order valence-corrected chi connectivity index (χ3v) is 6.68. The molecule has 0 radical (unpaired) electrons. The number of aliphatic hydroxyl groups is 1. The Morgan fingerprint density at radius 2 is 1.83 bits per heavy atom. The van der Waals surface area contributed by atoms with Crippen LogP contribution in [0.2, 0.25) is 0 Å². The molecule has 0 aromatic carbocycles. The fraction of sp³-hybridized carbons (Fsp3) is 0.636. The van der Waals surface area contributed by atoms with Gasteiger partial charge in [-0.05, 0) is 39.5 Å². The van der Waals surface area contributed by atoms with Gasteiger partial charge in [-0.3, -0.25) is 9.59 Å². The third kappa shape index (κ3) is 4.25. The molecule has 2 saturated heterocycles. The number of allylic oxidation sites excluding steroid dienone is 2. The van der Waals surface area contributed by atoms with Gasteiger partial charge in [0, 0.05) is 37.8 Å². The Morgan fingerprint density at radius 1 is 1.20 bits per heavy atom. The number of aromatic nitrogens is 2. The van der Waals surface area contributed by atoms with E-state index in [0.29, 0.717) is 43.7 Å². The smallest absolute Gasteiger partial charge is 0.254 e. The molecule has 2 fully saturated rings. The van der Waals surface area contributed by atoms with Crippen LogP contribution in [0.4, 0.5) is 0 Å². The number of aryl methyl sites for hydroxylation is 1. The summed E-state index contributed by atoms with van der Waals surface area (Å²) in [6, 6.07) is -0.527. The van der Waals surface area contributed by atoms with Crippen molar-refractivity contribution < 1.29 is 19.4 Å². The average Bonchev–Trinajstić information content (AvgIpc) is 3.25. The van der Waals surface area contributed by atoms with Crippen molar-refractivity contribution in [3.8, 4) is 0 Å². The minimum atomic E-state index is -1.11. The highest BCUT2D eigenvalue weighted by molar-refractivity contribution is 5.93. The van der Waals surface area contributed by atoms with Crippen LogP contribution in [-0.2, 0) is 9.53 Å². The maximum Gasteiger partial charge on any atom is 0.254 e. The van der Waals surface area contributed by atoms with Gasteiger partial charge in [0.15, 0.2) is 0 Å². The second kappa shape index (κ2) is 8.07. The monoisotopic (exact) mass is 414 g/mol. The molecule has 2 aliphatic heterocycles. The van der Waals surface area contributed by atoms with Gasteiger partial charge >= 0.3 is 0 Å². The molecular formula is C22H30N4O4. The van der Waals surface area contributed by atoms with Crippen LogP contribution in [0.25, 0.3) is 0 Å². The number of piperidine rings is 1. The zero-order chi connectivity index (χ0) is 21.4. The van der Waals surface area contributed by atoms with Gasteiger partial charge in [-0.2, -0.15) is 0 Å². The topological polar surface area (TPSA) is 105 Å². The van der Waals surface area contributed by atoms with Crippen molar-refractivity contribution in [2.24, 2.45) is 5.92 Å². The number of rotatable bonds is 3. The predicted molar refractivity (Wildman–Crippen MR) is 110 cm³/mol. The van der Waals surface area contributed by atoms with Gasteiger partial charge in [-0.1, -0.05) is 12.2 Å². The van der Waals surface area contributed by atoms with E-state index in [1.54, 1.807) is 13.8 Å². The third-order valence-electron chi connectivity index (χ3n) is 6.68. The molecule has 2 amide bonds. The minimum absolute atomic E-state index is 0.0831. The van der Waals surface area contributed by atoms with Crippen molar-refractivity contribution in [3.05, 3.63) is 35.9 Å². The summed E-state index contributed by atoms with van der Waals surface area (Å²) in [5.41, 5.74) is -1.21. The van der Waals surface area contributed by atoms with E-state index >= 15 is 0 Å². The average molecular weight is 415 g/mol. The summed E-state index contributed by atoms with van der Waals surface area (Å²) in [5, 5.41) is 14.0.